The Balaban J connectivity index is 3.54. The average molecular weight is 728 g/mol. The smallest absolute Gasteiger partial charge is 0.303 e. The van der Waals surface area contributed by atoms with E-state index in [0.717, 1.165) is 18.1 Å². The molecule has 0 aromatic heterocycles. The fourth-order valence-electron chi connectivity index (χ4n) is 6.48. The summed E-state index contributed by atoms with van der Waals surface area (Å²) >= 11 is 0. The summed E-state index contributed by atoms with van der Waals surface area (Å²) in [4.78, 5) is 51.9. The first-order valence-corrected chi connectivity index (χ1v) is 22.2. The van der Waals surface area contributed by atoms with Crippen LogP contribution in [0.1, 0.15) is 106 Å². The molecule has 0 radical (unpaired) electrons. The van der Waals surface area contributed by atoms with Gasteiger partial charge in [-0.15, -0.1) is 17.5 Å². The molecule has 0 aliphatic carbocycles. The van der Waals surface area contributed by atoms with E-state index in [1.165, 1.54) is 18.2 Å². The Hall–Kier alpha value is -3.93. The van der Waals surface area contributed by atoms with Crippen LogP contribution in [0.15, 0.2) is 18.2 Å². The third kappa shape index (κ3) is 12.4. The molecule has 12 heteroatoms. The lowest BCUT2D eigenvalue weighted by Gasteiger charge is -2.38. The van der Waals surface area contributed by atoms with Crippen molar-refractivity contribution in [1.29, 1.82) is 0 Å². The first kappa shape index (κ1) is 44.1. The van der Waals surface area contributed by atoms with E-state index in [4.69, 9.17) is 11.5 Å². The van der Waals surface area contributed by atoms with E-state index in [9.17, 15) is 28.0 Å². The number of carbonyl (C=O) groups is 4. The molecule has 3 amide bonds. The maximum atomic E-state index is 14.7. The van der Waals surface area contributed by atoms with Crippen LogP contribution < -0.4 is 10.6 Å². The number of carboxylic acids is 1. The lowest BCUT2D eigenvalue weighted by atomic mass is 10.0. The van der Waals surface area contributed by atoms with Crippen molar-refractivity contribution in [2.45, 2.75) is 116 Å². The van der Waals surface area contributed by atoms with Crippen molar-refractivity contribution in [2.24, 2.45) is 0 Å². The predicted molar refractivity (Wildman–Crippen MR) is 201 cm³/mol. The summed E-state index contributed by atoms with van der Waals surface area (Å²) in [7, 11) is -3.80. The zero-order valence-electron chi connectivity index (χ0n) is 31.2. The molecule has 0 atom stereocenters. The fraction of sp³-hybridized carbons (Fsp3) is 0.579. The fourth-order valence-corrected chi connectivity index (χ4v) is 14.2. The molecule has 0 spiro atoms. The van der Waals surface area contributed by atoms with Crippen molar-refractivity contribution in [2.75, 3.05) is 26.2 Å². The van der Waals surface area contributed by atoms with Crippen LogP contribution in [0.5, 0.6) is 0 Å². The molecule has 0 heterocycles. The highest BCUT2D eigenvalue weighted by molar-refractivity contribution is 6.90. The van der Waals surface area contributed by atoms with Crippen LogP contribution in [0.3, 0.4) is 0 Å². The highest BCUT2D eigenvalue weighted by Crippen LogP contribution is 2.40. The van der Waals surface area contributed by atoms with Gasteiger partial charge in [0.2, 0.25) is 0 Å². The van der Waals surface area contributed by atoms with Gasteiger partial charge in [-0.2, -0.15) is 0 Å². The van der Waals surface area contributed by atoms with Gasteiger partial charge in [0.15, 0.2) is 0 Å². The molecular weight excluding hydrogens is 673 g/mol. The van der Waals surface area contributed by atoms with E-state index < -0.39 is 71.7 Å². The minimum absolute atomic E-state index is 0.0337. The Labute approximate surface area is 300 Å². The Morgan fingerprint density at radius 3 is 1.66 bits per heavy atom. The minimum atomic E-state index is -3.55. The number of amides is 3. The molecule has 0 aliphatic heterocycles. The van der Waals surface area contributed by atoms with Gasteiger partial charge in [0.05, 0.1) is 32.6 Å². The Bertz CT molecular complexity index is 1500. The van der Waals surface area contributed by atoms with Crippen molar-refractivity contribution in [3.8, 4) is 35.3 Å². The van der Waals surface area contributed by atoms with Gasteiger partial charge in [0.1, 0.15) is 16.1 Å². The minimum Gasteiger partial charge on any atom is -0.481 e. The standard InChI is InChI=1S/C38H55F2N3O5Si2/c1-11-21-43(27-38(39,40)18-17-34(44)45)37(48)33-25-31(35(46)41-19-15-22-49(12-2,13-3)14-4)24-32(26-33)36(47)42-20-16-23-50(28(5)6,29(7)8)30(9)10/h1,24-26,28-30H,12-14,17-21,27H2,2-10H3,(H,41,46)(H,42,47)(H,44,45). The third-order valence-electron chi connectivity index (χ3n) is 9.63. The average Bonchev–Trinajstić information content (AvgIpc) is 3.06. The normalized spacial score (nSPS) is 11.6. The molecule has 1 aromatic carbocycles. The number of alkyl halides is 2. The van der Waals surface area contributed by atoms with Gasteiger partial charge in [0.25, 0.3) is 23.6 Å². The molecule has 0 aliphatic rings. The van der Waals surface area contributed by atoms with E-state index in [2.05, 4.69) is 102 Å². The SMILES string of the molecule is C#CCN(CC(F)(F)CCC(=O)O)C(=O)c1cc(C(=O)NCC#C[Si](CC)(CC)CC)cc(C(=O)NCC#C[Si](C(C)C)(C(C)C)C(C)C)c1. The summed E-state index contributed by atoms with van der Waals surface area (Å²) in [5.74, 6) is 1.32. The summed E-state index contributed by atoms with van der Waals surface area (Å²) in [6.45, 7) is 17.9. The van der Waals surface area contributed by atoms with E-state index in [0.29, 0.717) is 21.5 Å². The number of benzene rings is 1. The topological polar surface area (TPSA) is 116 Å². The van der Waals surface area contributed by atoms with Gasteiger partial charge < -0.3 is 20.6 Å². The molecule has 0 bridgehead atoms. The second-order valence-corrected chi connectivity index (χ2v) is 24.1. The number of aliphatic carboxylic acids is 1. The lowest BCUT2D eigenvalue weighted by molar-refractivity contribution is -0.139. The summed E-state index contributed by atoms with van der Waals surface area (Å²) in [6, 6.07) is 6.75. The Morgan fingerprint density at radius 2 is 1.26 bits per heavy atom. The number of nitrogens with one attached hydrogen (secondary N) is 2. The molecule has 0 saturated heterocycles. The van der Waals surface area contributed by atoms with Crippen molar-refractivity contribution in [3.63, 3.8) is 0 Å². The zero-order chi connectivity index (χ0) is 38.3. The van der Waals surface area contributed by atoms with Gasteiger partial charge in [-0.3, -0.25) is 19.2 Å². The molecule has 50 heavy (non-hydrogen) atoms. The zero-order valence-corrected chi connectivity index (χ0v) is 33.2. The third-order valence-corrected chi connectivity index (χ3v) is 20.7. The number of carbonyl (C=O) groups excluding carboxylic acids is 3. The summed E-state index contributed by atoms with van der Waals surface area (Å²) in [5.41, 5.74) is 7.82. The molecule has 1 rings (SSSR count). The van der Waals surface area contributed by atoms with Crippen LogP contribution in [0, 0.1) is 35.3 Å². The van der Waals surface area contributed by atoms with Gasteiger partial charge >= 0.3 is 5.97 Å². The molecule has 0 saturated carbocycles. The number of rotatable bonds is 17. The summed E-state index contributed by atoms with van der Waals surface area (Å²) in [5, 5.41) is 14.4. The quantitative estimate of drug-likeness (QED) is 0.118. The monoisotopic (exact) mass is 727 g/mol. The molecule has 3 N–H and O–H groups in total. The molecule has 274 valence electrons. The van der Waals surface area contributed by atoms with Crippen LogP contribution in [0.2, 0.25) is 34.8 Å². The summed E-state index contributed by atoms with van der Waals surface area (Å²) in [6.07, 6.45) is 3.59. The van der Waals surface area contributed by atoms with Crippen molar-refractivity contribution >= 4 is 39.8 Å². The van der Waals surface area contributed by atoms with E-state index in [1.54, 1.807) is 0 Å². The van der Waals surface area contributed by atoms with Crippen LogP contribution in [-0.4, -0.2) is 81.9 Å². The number of carboxylic acid groups (broad SMARTS) is 1. The molecule has 0 unspecified atom stereocenters. The number of hydrogen-bond acceptors (Lipinski definition) is 4. The lowest BCUT2D eigenvalue weighted by Crippen LogP contribution is -2.43. The van der Waals surface area contributed by atoms with E-state index in [-0.39, 0.29) is 29.8 Å². The largest absolute Gasteiger partial charge is 0.481 e. The second-order valence-electron chi connectivity index (χ2n) is 13.6. The highest BCUT2D eigenvalue weighted by atomic mass is 28.3. The Morgan fingerprint density at radius 1 is 0.820 bits per heavy atom. The maximum Gasteiger partial charge on any atom is 0.303 e. The molecule has 1 aromatic rings. The van der Waals surface area contributed by atoms with Crippen LogP contribution in [-0.2, 0) is 4.79 Å². The highest BCUT2D eigenvalue weighted by Gasteiger charge is 2.41. The van der Waals surface area contributed by atoms with Crippen molar-refractivity contribution in [1.82, 2.24) is 15.5 Å². The number of nitrogens with zero attached hydrogens (tertiary/aromatic N) is 1. The number of halogens is 2. The second kappa shape index (κ2) is 20.1. The first-order valence-electron chi connectivity index (χ1n) is 17.4. The van der Waals surface area contributed by atoms with E-state index in [1.807, 2.05) is 0 Å². The van der Waals surface area contributed by atoms with Crippen molar-refractivity contribution in [3.05, 3.63) is 34.9 Å². The maximum absolute atomic E-state index is 14.7. The van der Waals surface area contributed by atoms with Crippen LogP contribution in [0.25, 0.3) is 0 Å². The number of terminal acetylenes is 1. The summed E-state index contributed by atoms with van der Waals surface area (Å²) < 4.78 is 29.4. The van der Waals surface area contributed by atoms with E-state index >= 15 is 0 Å². The van der Waals surface area contributed by atoms with Crippen LogP contribution >= 0.6 is 0 Å². The first-order chi connectivity index (χ1) is 23.3. The van der Waals surface area contributed by atoms with Gasteiger partial charge in [-0.05, 0) is 53.0 Å². The van der Waals surface area contributed by atoms with Gasteiger partial charge in [-0.25, -0.2) is 8.78 Å². The van der Waals surface area contributed by atoms with Crippen LogP contribution in [0.4, 0.5) is 8.78 Å². The molecule has 8 nitrogen and oxygen atoms in total. The van der Waals surface area contributed by atoms with Gasteiger partial charge in [-0.1, -0.05) is 80.1 Å². The van der Waals surface area contributed by atoms with Gasteiger partial charge in [0, 0.05) is 23.1 Å². The predicted octanol–water partition coefficient (Wildman–Crippen LogP) is 6.99. The van der Waals surface area contributed by atoms with Crippen molar-refractivity contribution < 1.29 is 33.1 Å². The Kier molecular flexibility index (Phi) is 17.7. The molecular formula is C38H55F2N3O5Si2. The molecule has 0 fully saturated rings. The number of hydrogen-bond donors (Lipinski definition) is 3.